The Morgan fingerprint density at radius 3 is 2.21 bits per heavy atom. The van der Waals surface area contributed by atoms with Crippen LogP contribution in [0.2, 0.25) is 0 Å². The van der Waals surface area contributed by atoms with E-state index in [4.69, 9.17) is 0 Å². The molecule has 0 aliphatic heterocycles. The number of likely N-dealkylation sites (N-methyl/N-ethyl adjacent to an activating group) is 1. The molecule has 1 N–H and O–H groups in total. The molecule has 0 aromatic heterocycles. The summed E-state index contributed by atoms with van der Waals surface area (Å²) in [5, 5.41) is 10.7. The molecule has 0 spiro atoms. The molecule has 0 saturated heterocycles. The Morgan fingerprint density at radius 1 is 1.00 bits per heavy atom. The van der Waals surface area contributed by atoms with Crippen LogP contribution in [0.1, 0.15) is 44.1 Å². The molecule has 180 valence electrons. The molecule has 2 aromatic carbocycles. The molecule has 34 heavy (non-hydrogen) atoms. The summed E-state index contributed by atoms with van der Waals surface area (Å²) in [6, 6.07) is 12.3. The van der Waals surface area contributed by atoms with Gasteiger partial charge in [-0.25, -0.2) is 13.1 Å². The number of rotatable bonds is 8. The second kappa shape index (κ2) is 11.7. The molecular formula is C25H29N3O5S. The number of nitrogens with one attached hydrogen (secondary N) is 1. The summed E-state index contributed by atoms with van der Waals surface area (Å²) in [4.78, 5) is 24.3. The number of hydrogen-bond donors (Lipinski definition) is 1. The summed E-state index contributed by atoms with van der Waals surface area (Å²) in [6.45, 7) is 0. The minimum Gasteiger partial charge on any atom is -0.312 e. The smallest absolute Gasteiger partial charge is 0.269 e. The second-order valence-electron chi connectivity index (χ2n) is 8.27. The highest BCUT2D eigenvalue weighted by Gasteiger charge is 2.21. The van der Waals surface area contributed by atoms with Crippen molar-refractivity contribution in [2.45, 2.75) is 49.5 Å². The van der Waals surface area contributed by atoms with Gasteiger partial charge in [0.2, 0.25) is 10.0 Å². The van der Waals surface area contributed by atoms with Gasteiger partial charge in [0.25, 0.3) is 11.6 Å². The first-order chi connectivity index (χ1) is 16.3. The summed E-state index contributed by atoms with van der Waals surface area (Å²) >= 11 is 0. The van der Waals surface area contributed by atoms with Crippen LogP contribution in [0.25, 0.3) is 6.08 Å². The maximum absolute atomic E-state index is 12.7. The SMILES string of the molecule is CN(C(=O)C=CC=Cc1ccc([N+](=O)[O-])cc1)c1ccc(S(=O)(=O)NC2CCCCCC2)cc1. The lowest BCUT2D eigenvalue weighted by atomic mass is 10.1. The van der Waals surface area contributed by atoms with E-state index in [0.717, 1.165) is 44.1 Å². The number of benzene rings is 2. The van der Waals surface area contributed by atoms with Gasteiger partial charge in [-0.3, -0.25) is 14.9 Å². The van der Waals surface area contributed by atoms with Crippen molar-refractivity contribution < 1.29 is 18.1 Å². The molecule has 3 rings (SSSR count). The van der Waals surface area contributed by atoms with E-state index in [0.29, 0.717) is 5.69 Å². The van der Waals surface area contributed by atoms with Crippen molar-refractivity contribution in [1.29, 1.82) is 0 Å². The number of carbonyl (C=O) groups excluding carboxylic acids is 1. The number of hydrogen-bond acceptors (Lipinski definition) is 5. The standard InChI is InChI=1S/C25H29N3O5S/c1-27(25(29)11-7-6-8-20-12-14-23(15-13-20)28(30)31)22-16-18-24(19-17-22)34(32,33)26-21-9-4-2-3-5-10-21/h6-8,11-19,21,26H,2-5,9-10H2,1H3. The summed E-state index contributed by atoms with van der Waals surface area (Å²) in [6.07, 6.45) is 12.5. The largest absolute Gasteiger partial charge is 0.312 e. The second-order valence-corrected chi connectivity index (χ2v) is 9.98. The molecule has 0 heterocycles. The van der Waals surface area contributed by atoms with Crippen LogP contribution in [-0.4, -0.2) is 32.3 Å². The first-order valence-corrected chi connectivity index (χ1v) is 12.7. The third kappa shape index (κ3) is 7.10. The fraction of sp³-hybridized carbons (Fsp3) is 0.320. The summed E-state index contributed by atoms with van der Waals surface area (Å²) < 4.78 is 28.3. The van der Waals surface area contributed by atoms with Gasteiger partial charge in [-0.1, -0.05) is 43.9 Å². The van der Waals surface area contributed by atoms with E-state index in [1.165, 1.54) is 35.2 Å². The quantitative estimate of drug-likeness (QED) is 0.190. The van der Waals surface area contributed by atoms with E-state index in [1.807, 2.05) is 0 Å². The van der Waals surface area contributed by atoms with Crippen molar-refractivity contribution in [3.63, 3.8) is 0 Å². The van der Waals surface area contributed by atoms with Gasteiger partial charge in [-0.2, -0.15) is 0 Å². The van der Waals surface area contributed by atoms with Crippen molar-refractivity contribution in [2.24, 2.45) is 0 Å². The van der Waals surface area contributed by atoms with Crippen molar-refractivity contribution >= 4 is 33.4 Å². The van der Waals surface area contributed by atoms with Crippen molar-refractivity contribution in [1.82, 2.24) is 4.72 Å². The van der Waals surface area contributed by atoms with E-state index in [2.05, 4.69) is 4.72 Å². The van der Waals surface area contributed by atoms with Crippen LogP contribution in [0.5, 0.6) is 0 Å². The lowest BCUT2D eigenvalue weighted by Crippen LogP contribution is -2.34. The average Bonchev–Trinajstić information content (AvgIpc) is 3.09. The molecule has 0 radical (unpaired) electrons. The molecule has 0 atom stereocenters. The topological polar surface area (TPSA) is 110 Å². The third-order valence-electron chi connectivity index (χ3n) is 5.78. The molecule has 1 saturated carbocycles. The van der Waals surface area contributed by atoms with Gasteiger partial charge >= 0.3 is 0 Å². The number of anilines is 1. The van der Waals surface area contributed by atoms with Gasteiger partial charge < -0.3 is 4.90 Å². The minimum absolute atomic E-state index is 0.0172. The van der Waals surface area contributed by atoms with Gasteiger partial charge in [0, 0.05) is 37.0 Å². The zero-order valence-corrected chi connectivity index (χ0v) is 19.9. The van der Waals surface area contributed by atoms with Crippen LogP contribution >= 0.6 is 0 Å². The van der Waals surface area contributed by atoms with Crippen LogP contribution < -0.4 is 9.62 Å². The van der Waals surface area contributed by atoms with Crippen LogP contribution in [0.4, 0.5) is 11.4 Å². The predicted molar refractivity (Wildman–Crippen MR) is 133 cm³/mol. The van der Waals surface area contributed by atoms with Gasteiger partial charge in [-0.05, 0) is 54.8 Å². The van der Waals surface area contributed by atoms with E-state index in [9.17, 15) is 23.3 Å². The van der Waals surface area contributed by atoms with Crippen molar-refractivity contribution in [3.8, 4) is 0 Å². The van der Waals surface area contributed by atoms with Gasteiger partial charge in [0.15, 0.2) is 0 Å². The van der Waals surface area contributed by atoms with Gasteiger partial charge in [0.05, 0.1) is 9.82 Å². The van der Waals surface area contributed by atoms with Crippen LogP contribution in [0, 0.1) is 10.1 Å². The Kier molecular flexibility index (Phi) is 8.72. The summed E-state index contributed by atoms with van der Waals surface area (Å²) in [5.74, 6) is -0.277. The Morgan fingerprint density at radius 2 is 1.62 bits per heavy atom. The fourth-order valence-electron chi connectivity index (χ4n) is 3.78. The number of nitro benzene ring substituents is 1. The lowest BCUT2D eigenvalue weighted by molar-refractivity contribution is -0.384. The van der Waals surface area contributed by atoms with E-state index in [1.54, 1.807) is 49.5 Å². The van der Waals surface area contributed by atoms with E-state index < -0.39 is 14.9 Å². The first kappa shape index (κ1) is 25.3. The zero-order valence-electron chi connectivity index (χ0n) is 19.1. The summed E-state index contributed by atoms with van der Waals surface area (Å²) in [7, 11) is -1.99. The summed E-state index contributed by atoms with van der Waals surface area (Å²) in [5.41, 5.74) is 1.36. The van der Waals surface area contributed by atoms with Crippen molar-refractivity contribution in [2.75, 3.05) is 11.9 Å². The number of nitrogens with zero attached hydrogens (tertiary/aromatic N) is 2. The van der Waals surface area contributed by atoms with E-state index in [-0.39, 0.29) is 22.5 Å². The van der Waals surface area contributed by atoms with Crippen LogP contribution in [-0.2, 0) is 14.8 Å². The molecule has 8 nitrogen and oxygen atoms in total. The lowest BCUT2D eigenvalue weighted by Gasteiger charge is -2.18. The maximum atomic E-state index is 12.7. The number of non-ortho nitro benzene ring substituents is 1. The van der Waals surface area contributed by atoms with Gasteiger partial charge in [0.1, 0.15) is 0 Å². The number of carbonyl (C=O) groups is 1. The highest BCUT2D eigenvalue weighted by atomic mass is 32.2. The van der Waals surface area contributed by atoms with E-state index >= 15 is 0 Å². The Bertz CT molecular complexity index is 1150. The van der Waals surface area contributed by atoms with Crippen molar-refractivity contribution in [3.05, 3.63) is 82.4 Å². The monoisotopic (exact) mass is 483 g/mol. The zero-order chi connectivity index (χ0) is 24.6. The van der Waals surface area contributed by atoms with Gasteiger partial charge in [-0.15, -0.1) is 0 Å². The number of sulfonamides is 1. The number of nitro groups is 1. The average molecular weight is 484 g/mol. The Labute approximate surface area is 200 Å². The molecule has 9 heteroatoms. The predicted octanol–water partition coefficient (Wildman–Crippen LogP) is 4.83. The minimum atomic E-state index is -3.60. The normalized spacial score (nSPS) is 15.4. The molecule has 1 aliphatic rings. The molecular weight excluding hydrogens is 454 g/mol. The fourth-order valence-corrected chi connectivity index (χ4v) is 5.09. The van der Waals surface area contributed by atoms with Crippen LogP contribution in [0.15, 0.2) is 71.7 Å². The molecule has 1 amide bonds. The molecule has 2 aromatic rings. The molecule has 0 unspecified atom stereocenters. The highest BCUT2D eigenvalue weighted by Crippen LogP contribution is 2.21. The number of allylic oxidation sites excluding steroid dienone is 2. The first-order valence-electron chi connectivity index (χ1n) is 11.3. The Balaban J connectivity index is 1.57. The number of amides is 1. The highest BCUT2D eigenvalue weighted by molar-refractivity contribution is 7.89. The molecule has 0 bridgehead atoms. The maximum Gasteiger partial charge on any atom is 0.269 e. The molecule has 1 aliphatic carbocycles. The van der Waals surface area contributed by atoms with Crippen LogP contribution in [0.3, 0.4) is 0 Å². The third-order valence-corrected chi connectivity index (χ3v) is 7.32. The molecule has 1 fully saturated rings. The Hall–Kier alpha value is -3.30.